The van der Waals surface area contributed by atoms with E-state index in [0.29, 0.717) is 0 Å². The summed E-state index contributed by atoms with van der Waals surface area (Å²) in [4.78, 5) is 10.5. The second-order valence-corrected chi connectivity index (χ2v) is 9.13. The van der Waals surface area contributed by atoms with Crippen LogP contribution in [0.2, 0.25) is 0 Å². The molecule has 0 amide bonds. The highest BCUT2D eigenvalue weighted by Gasteiger charge is 2.46. The van der Waals surface area contributed by atoms with Crippen LogP contribution >= 0.6 is 11.8 Å². The molecule has 1 aliphatic rings. The van der Waals surface area contributed by atoms with Crippen molar-refractivity contribution in [3.05, 3.63) is 0 Å². The van der Waals surface area contributed by atoms with Crippen molar-refractivity contribution < 1.29 is 20.1 Å². The van der Waals surface area contributed by atoms with Gasteiger partial charge in [-0.25, -0.2) is 0 Å². The Hall–Kier alpha value is -0.260. The number of aliphatic carboxylic acids is 1. The van der Waals surface area contributed by atoms with Crippen LogP contribution in [0.1, 0.15) is 90.9 Å². The van der Waals surface area contributed by atoms with Crippen molar-refractivity contribution in [3.63, 3.8) is 0 Å². The van der Waals surface area contributed by atoms with Crippen LogP contribution in [0.5, 0.6) is 0 Å². The van der Waals surface area contributed by atoms with Gasteiger partial charge in [-0.3, -0.25) is 4.79 Å². The molecule has 26 heavy (non-hydrogen) atoms. The molecule has 154 valence electrons. The summed E-state index contributed by atoms with van der Waals surface area (Å²) in [6, 6.07) is 0. The van der Waals surface area contributed by atoms with E-state index in [-0.39, 0.29) is 23.7 Å². The highest BCUT2D eigenvalue weighted by molar-refractivity contribution is 7.99. The first-order valence-corrected chi connectivity index (χ1v) is 11.8. The molecule has 0 bridgehead atoms. The predicted octanol–water partition coefficient (Wildman–Crippen LogP) is 4.86. The van der Waals surface area contributed by atoms with Gasteiger partial charge in [-0.15, -0.1) is 0 Å². The molecule has 1 fully saturated rings. The van der Waals surface area contributed by atoms with Crippen LogP contribution in [0, 0.1) is 11.8 Å². The van der Waals surface area contributed by atoms with Crippen molar-refractivity contribution in [2.45, 2.75) is 103 Å². The van der Waals surface area contributed by atoms with Gasteiger partial charge < -0.3 is 15.3 Å². The lowest BCUT2D eigenvalue weighted by molar-refractivity contribution is -0.133. The first-order valence-electron chi connectivity index (χ1n) is 10.6. The Kier molecular flexibility index (Phi) is 11.9. The summed E-state index contributed by atoms with van der Waals surface area (Å²) in [7, 11) is 0. The second kappa shape index (κ2) is 13.0. The third-order valence-electron chi connectivity index (χ3n) is 5.92. The van der Waals surface area contributed by atoms with Gasteiger partial charge in [-0.1, -0.05) is 52.4 Å². The summed E-state index contributed by atoms with van der Waals surface area (Å²) >= 11 is 1.46. The molecule has 4 atom stereocenters. The molecular formula is C21H40O4S. The van der Waals surface area contributed by atoms with Crippen LogP contribution in [0.15, 0.2) is 0 Å². The first kappa shape index (κ1) is 23.8. The Balaban J connectivity index is 2.52. The number of unbranched alkanes of at least 4 members (excludes halogenated alkanes) is 4. The molecule has 0 spiro atoms. The number of carbonyl (C=O) groups is 1. The monoisotopic (exact) mass is 388 g/mol. The Labute approximate surface area is 164 Å². The Morgan fingerprint density at radius 1 is 1.04 bits per heavy atom. The maximum absolute atomic E-state index is 11.4. The number of carboxylic acids is 1. The van der Waals surface area contributed by atoms with Crippen molar-refractivity contribution in [1.29, 1.82) is 0 Å². The molecule has 0 aromatic carbocycles. The van der Waals surface area contributed by atoms with Crippen LogP contribution in [0.3, 0.4) is 0 Å². The van der Waals surface area contributed by atoms with E-state index in [2.05, 4.69) is 13.8 Å². The van der Waals surface area contributed by atoms with Crippen molar-refractivity contribution in [2.24, 2.45) is 11.8 Å². The molecule has 4 unspecified atom stereocenters. The van der Waals surface area contributed by atoms with Crippen molar-refractivity contribution in [2.75, 3.05) is 11.5 Å². The van der Waals surface area contributed by atoms with Crippen molar-refractivity contribution >= 4 is 17.7 Å². The fourth-order valence-electron chi connectivity index (χ4n) is 4.64. The first-order chi connectivity index (χ1) is 12.4. The summed E-state index contributed by atoms with van der Waals surface area (Å²) in [5.41, 5.74) is -0.622. The molecule has 1 saturated carbocycles. The lowest BCUT2D eigenvalue weighted by Gasteiger charge is -2.38. The average molecular weight is 389 g/mol. The number of hydrogen-bond acceptors (Lipinski definition) is 4. The van der Waals surface area contributed by atoms with E-state index in [0.717, 1.165) is 63.5 Å². The van der Waals surface area contributed by atoms with Crippen LogP contribution in [0.25, 0.3) is 0 Å². The van der Waals surface area contributed by atoms with Gasteiger partial charge in [0, 0.05) is 0 Å². The maximum atomic E-state index is 11.4. The molecule has 0 heterocycles. The zero-order chi connectivity index (χ0) is 19.4. The van der Waals surface area contributed by atoms with Crippen LogP contribution < -0.4 is 0 Å². The summed E-state index contributed by atoms with van der Waals surface area (Å²) in [5.74, 6) is 0.681. The molecule has 0 saturated heterocycles. The normalized spacial score (nSPS) is 25.3. The molecule has 0 aromatic heterocycles. The average Bonchev–Trinajstić information content (AvgIpc) is 2.96. The van der Waals surface area contributed by atoms with Crippen LogP contribution in [0.4, 0.5) is 0 Å². The number of rotatable bonds is 15. The molecule has 0 aromatic rings. The third-order valence-corrected chi connectivity index (χ3v) is 6.95. The molecule has 0 aliphatic heterocycles. The second-order valence-electron chi connectivity index (χ2n) is 8.02. The molecule has 5 heteroatoms. The standard InChI is InChI=1S/C21H40O4S/c1-3-5-6-8-14-21(25,13-4-2)18-11-12-19(22)17(18)10-7-9-15-26-16-20(23)24/h17-19,22,25H,3-16H2,1-2H3,(H,23,24). The SMILES string of the molecule is CCCCCCC(O)(CCC)C1CCC(O)C1CCCCSCC(=O)O. The number of aliphatic hydroxyl groups excluding tert-OH is 1. The topological polar surface area (TPSA) is 77.8 Å². The Bertz CT molecular complexity index is 390. The van der Waals surface area contributed by atoms with Gasteiger partial charge in [0.1, 0.15) is 0 Å². The summed E-state index contributed by atoms with van der Waals surface area (Å²) in [6.45, 7) is 4.34. The van der Waals surface area contributed by atoms with Crippen LogP contribution in [-0.4, -0.2) is 44.5 Å². The smallest absolute Gasteiger partial charge is 0.313 e. The van der Waals surface area contributed by atoms with E-state index < -0.39 is 11.6 Å². The van der Waals surface area contributed by atoms with Gasteiger partial charge in [-0.05, 0) is 56.1 Å². The van der Waals surface area contributed by atoms with E-state index in [1.54, 1.807) is 0 Å². The lowest BCUT2D eigenvalue weighted by atomic mass is 9.73. The quantitative estimate of drug-likeness (QED) is 0.349. The van der Waals surface area contributed by atoms with Gasteiger partial charge in [0.2, 0.25) is 0 Å². The van der Waals surface area contributed by atoms with E-state index >= 15 is 0 Å². The fraction of sp³-hybridized carbons (Fsp3) is 0.952. The van der Waals surface area contributed by atoms with E-state index in [1.165, 1.54) is 31.0 Å². The zero-order valence-corrected chi connectivity index (χ0v) is 17.6. The molecule has 1 rings (SSSR count). The third kappa shape index (κ3) is 8.18. The van der Waals surface area contributed by atoms with Crippen LogP contribution in [-0.2, 0) is 4.79 Å². The maximum Gasteiger partial charge on any atom is 0.313 e. The summed E-state index contributed by atoms with van der Waals surface area (Å²) < 4.78 is 0. The lowest BCUT2D eigenvalue weighted by Crippen LogP contribution is -2.41. The zero-order valence-electron chi connectivity index (χ0n) is 16.8. The fourth-order valence-corrected chi connectivity index (χ4v) is 5.36. The summed E-state index contributed by atoms with van der Waals surface area (Å²) in [5, 5.41) is 30.6. The number of carboxylic acid groups (broad SMARTS) is 1. The number of aliphatic hydroxyl groups is 2. The Morgan fingerprint density at radius 2 is 1.81 bits per heavy atom. The molecule has 4 nitrogen and oxygen atoms in total. The van der Waals surface area contributed by atoms with Gasteiger partial charge in [-0.2, -0.15) is 11.8 Å². The van der Waals surface area contributed by atoms with Gasteiger partial charge in [0.05, 0.1) is 17.5 Å². The molecule has 1 aliphatic carbocycles. The minimum Gasteiger partial charge on any atom is -0.481 e. The van der Waals surface area contributed by atoms with E-state index in [1.807, 2.05) is 0 Å². The Morgan fingerprint density at radius 3 is 2.46 bits per heavy atom. The molecular weight excluding hydrogens is 348 g/mol. The summed E-state index contributed by atoms with van der Waals surface area (Å²) in [6.07, 6.45) is 11.8. The van der Waals surface area contributed by atoms with Gasteiger partial charge in [0.25, 0.3) is 0 Å². The highest BCUT2D eigenvalue weighted by atomic mass is 32.2. The van der Waals surface area contributed by atoms with E-state index in [4.69, 9.17) is 5.11 Å². The van der Waals surface area contributed by atoms with Crippen molar-refractivity contribution in [1.82, 2.24) is 0 Å². The van der Waals surface area contributed by atoms with E-state index in [9.17, 15) is 15.0 Å². The predicted molar refractivity (Wildman–Crippen MR) is 110 cm³/mol. The highest BCUT2D eigenvalue weighted by Crippen LogP contribution is 2.45. The number of hydrogen-bond donors (Lipinski definition) is 3. The molecule has 0 radical (unpaired) electrons. The minimum absolute atomic E-state index is 0.169. The molecule has 3 N–H and O–H groups in total. The van der Waals surface area contributed by atoms with Gasteiger partial charge in [0.15, 0.2) is 0 Å². The largest absolute Gasteiger partial charge is 0.481 e. The van der Waals surface area contributed by atoms with Gasteiger partial charge >= 0.3 is 5.97 Å². The minimum atomic E-state index is -0.756. The number of thioether (sulfide) groups is 1. The van der Waals surface area contributed by atoms with Crippen molar-refractivity contribution in [3.8, 4) is 0 Å².